The smallest absolute Gasteiger partial charge is 0.383 e. The SMILES string of the molecule is COCCNc1ccc(C(F)(F)F)cc1NC(=O)c1ccc(C)c(-n2cc(-c3cccnc3)nn2)c1. The molecule has 36 heavy (non-hydrogen) atoms. The fraction of sp³-hybridized carbons (Fsp3) is 0.200. The molecule has 0 aliphatic heterocycles. The van der Waals surface area contributed by atoms with Crippen molar-refractivity contribution in [2.24, 2.45) is 0 Å². The molecule has 0 unspecified atom stereocenters. The van der Waals surface area contributed by atoms with Crippen molar-refractivity contribution in [3.63, 3.8) is 0 Å². The Morgan fingerprint density at radius 1 is 1.11 bits per heavy atom. The van der Waals surface area contributed by atoms with Gasteiger partial charge in [-0.3, -0.25) is 9.78 Å². The number of halogens is 3. The van der Waals surface area contributed by atoms with E-state index in [0.29, 0.717) is 30.2 Å². The lowest BCUT2D eigenvalue weighted by atomic mass is 10.1. The van der Waals surface area contributed by atoms with E-state index >= 15 is 0 Å². The number of methoxy groups -OCH3 is 1. The quantitative estimate of drug-likeness (QED) is 0.335. The number of amides is 1. The van der Waals surface area contributed by atoms with Crippen LogP contribution in [0.15, 0.2) is 67.1 Å². The van der Waals surface area contributed by atoms with Crippen LogP contribution in [0, 0.1) is 6.92 Å². The zero-order valence-electron chi connectivity index (χ0n) is 19.5. The van der Waals surface area contributed by atoms with Crippen LogP contribution < -0.4 is 10.6 Å². The number of benzene rings is 2. The van der Waals surface area contributed by atoms with Gasteiger partial charge in [-0.2, -0.15) is 13.2 Å². The number of hydrogen-bond acceptors (Lipinski definition) is 6. The summed E-state index contributed by atoms with van der Waals surface area (Å²) in [5, 5.41) is 13.9. The van der Waals surface area contributed by atoms with Gasteiger partial charge in [0.2, 0.25) is 0 Å². The van der Waals surface area contributed by atoms with E-state index < -0.39 is 17.6 Å². The molecule has 1 amide bonds. The third-order valence-corrected chi connectivity index (χ3v) is 5.39. The number of anilines is 2. The Morgan fingerprint density at radius 2 is 1.94 bits per heavy atom. The second kappa shape index (κ2) is 10.6. The van der Waals surface area contributed by atoms with Gasteiger partial charge >= 0.3 is 6.18 Å². The van der Waals surface area contributed by atoms with E-state index in [-0.39, 0.29) is 11.3 Å². The van der Waals surface area contributed by atoms with E-state index in [2.05, 4.69) is 25.9 Å². The highest BCUT2D eigenvalue weighted by molar-refractivity contribution is 6.06. The Balaban J connectivity index is 1.62. The van der Waals surface area contributed by atoms with Gasteiger partial charge in [0.25, 0.3) is 5.91 Å². The first kappa shape index (κ1) is 24.9. The van der Waals surface area contributed by atoms with Crippen LogP contribution in [0.5, 0.6) is 0 Å². The van der Waals surface area contributed by atoms with Gasteiger partial charge < -0.3 is 15.4 Å². The van der Waals surface area contributed by atoms with Crippen molar-refractivity contribution in [2.75, 3.05) is 30.9 Å². The van der Waals surface area contributed by atoms with Crippen molar-refractivity contribution in [1.29, 1.82) is 0 Å². The van der Waals surface area contributed by atoms with Crippen molar-refractivity contribution in [3.05, 3.63) is 83.8 Å². The maximum Gasteiger partial charge on any atom is 0.416 e. The highest BCUT2D eigenvalue weighted by Crippen LogP contribution is 2.34. The van der Waals surface area contributed by atoms with Crippen LogP contribution >= 0.6 is 0 Å². The molecule has 2 aromatic heterocycles. The molecule has 0 saturated heterocycles. The summed E-state index contributed by atoms with van der Waals surface area (Å²) < 4.78 is 46.4. The molecule has 2 heterocycles. The second-order valence-corrected chi connectivity index (χ2v) is 7.92. The summed E-state index contributed by atoms with van der Waals surface area (Å²) in [5.74, 6) is -0.571. The zero-order valence-corrected chi connectivity index (χ0v) is 19.5. The molecule has 0 bridgehead atoms. The first-order valence-electron chi connectivity index (χ1n) is 11.0. The van der Waals surface area contributed by atoms with E-state index in [9.17, 15) is 18.0 Å². The topological polar surface area (TPSA) is 94.0 Å². The number of alkyl halides is 3. The lowest BCUT2D eigenvalue weighted by Gasteiger charge is -2.16. The van der Waals surface area contributed by atoms with E-state index in [0.717, 1.165) is 23.3 Å². The number of nitrogens with one attached hydrogen (secondary N) is 2. The largest absolute Gasteiger partial charge is 0.416 e. The summed E-state index contributed by atoms with van der Waals surface area (Å²) in [5.41, 5.74) is 2.55. The molecule has 0 saturated carbocycles. The normalized spacial score (nSPS) is 11.4. The number of ether oxygens (including phenoxy) is 1. The number of hydrogen-bond donors (Lipinski definition) is 2. The van der Waals surface area contributed by atoms with Gasteiger partial charge in [-0.25, -0.2) is 4.68 Å². The van der Waals surface area contributed by atoms with Gasteiger partial charge in [0, 0.05) is 37.2 Å². The second-order valence-electron chi connectivity index (χ2n) is 7.92. The molecule has 4 aromatic rings. The first-order valence-corrected chi connectivity index (χ1v) is 11.0. The fourth-order valence-corrected chi connectivity index (χ4v) is 3.49. The van der Waals surface area contributed by atoms with Crippen molar-refractivity contribution >= 4 is 17.3 Å². The van der Waals surface area contributed by atoms with Gasteiger partial charge in [0.05, 0.1) is 35.4 Å². The minimum absolute atomic E-state index is 0.00710. The lowest BCUT2D eigenvalue weighted by Crippen LogP contribution is -2.17. The molecule has 0 fully saturated rings. The molecule has 8 nitrogen and oxygen atoms in total. The predicted octanol–water partition coefficient (Wildman–Crippen LogP) is 4.97. The maximum atomic E-state index is 13.3. The molecule has 2 N–H and O–H groups in total. The molecular formula is C25H23F3N6O2. The van der Waals surface area contributed by atoms with Crippen LogP contribution in [-0.2, 0) is 10.9 Å². The minimum atomic E-state index is -4.55. The van der Waals surface area contributed by atoms with Crippen molar-refractivity contribution in [3.8, 4) is 16.9 Å². The minimum Gasteiger partial charge on any atom is -0.383 e. The Morgan fingerprint density at radius 3 is 2.67 bits per heavy atom. The molecule has 0 aliphatic rings. The fourth-order valence-electron chi connectivity index (χ4n) is 3.49. The van der Waals surface area contributed by atoms with Crippen LogP contribution in [0.25, 0.3) is 16.9 Å². The summed E-state index contributed by atoms with van der Waals surface area (Å²) in [6.45, 7) is 2.55. The highest BCUT2D eigenvalue weighted by atomic mass is 19.4. The van der Waals surface area contributed by atoms with E-state index in [1.807, 2.05) is 13.0 Å². The number of rotatable bonds is 8. The number of nitrogens with zero attached hydrogens (tertiary/aromatic N) is 4. The number of pyridine rings is 1. The molecule has 0 aliphatic carbocycles. The molecule has 0 atom stereocenters. The zero-order chi connectivity index (χ0) is 25.7. The number of aryl methyl sites for hydroxylation is 1. The lowest BCUT2D eigenvalue weighted by molar-refractivity contribution is -0.137. The van der Waals surface area contributed by atoms with E-state index in [1.165, 1.54) is 17.9 Å². The van der Waals surface area contributed by atoms with Crippen LogP contribution in [0.3, 0.4) is 0 Å². The number of carbonyl (C=O) groups is 1. The van der Waals surface area contributed by atoms with Crippen LogP contribution in [0.4, 0.5) is 24.5 Å². The molecule has 0 radical (unpaired) electrons. The van der Waals surface area contributed by atoms with E-state index in [4.69, 9.17) is 4.74 Å². The standard InChI is InChI=1S/C25H23F3N6O2/c1-16-5-6-17(12-23(16)34-15-22(32-33-34)18-4-3-9-29-14-18)24(35)31-21-13-19(25(26,27)28)7-8-20(21)30-10-11-36-2/h3-9,12-15,30H,10-11H2,1-2H3,(H,31,35). The van der Waals surface area contributed by atoms with Gasteiger partial charge in [-0.05, 0) is 55.0 Å². The summed E-state index contributed by atoms with van der Waals surface area (Å²) in [7, 11) is 1.51. The third-order valence-electron chi connectivity index (χ3n) is 5.39. The molecule has 11 heteroatoms. The number of aromatic nitrogens is 4. The average molecular weight is 496 g/mol. The van der Waals surface area contributed by atoms with Crippen LogP contribution in [0.1, 0.15) is 21.5 Å². The first-order chi connectivity index (χ1) is 17.3. The van der Waals surface area contributed by atoms with Crippen LogP contribution in [0.2, 0.25) is 0 Å². The summed E-state index contributed by atoms with van der Waals surface area (Å²) >= 11 is 0. The Labute approximate surface area is 205 Å². The van der Waals surface area contributed by atoms with Gasteiger partial charge in [-0.15, -0.1) is 5.10 Å². The van der Waals surface area contributed by atoms with E-state index in [1.54, 1.807) is 42.9 Å². The van der Waals surface area contributed by atoms with Crippen molar-refractivity contribution < 1.29 is 22.7 Å². The van der Waals surface area contributed by atoms with Gasteiger partial charge in [0.1, 0.15) is 5.69 Å². The van der Waals surface area contributed by atoms with Crippen LogP contribution in [-0.4, -0.2) is 46.1 Å². The highest BCUT2D eigenvalue weighted by Gasteiger charge is 2.31. The molecule has 186 valence electrons. The monoisotopic (exact) mass is 496 g/mol. The summed E-state index contributed by atoms with van der Waals surface area (Å²) in [4.78, 5) is 17.2. The van der Waals surface area contributed by atoms with Gasteiger partial charge in [0.15, 0.2) is 0 Å². The van der Waals surface area contributed by atoms with Crippen molar-refractivity contribution in [2.45, 2.75) is 13.1 Å². The Hall–Kier alpha value is -4.25. The third kappa shape index (κ3) is 5.69. The Kier molecular flexibility index (Phi) is 7.30. The molecule has 4 rings (SSSR count). The molecular weight excluding hydrogens is 473 g/mol. The predicted molar refractivity (Wildman–Crippen MR) is 129 cm³/mol. The maximum absolute atomic E-state index is 13.3. The van der Waals surface area contributed by atoms with Crippen molar-refractivity contribution in [1.82, 2.24) is 20.0 Å². The van der Waals surface area contributed by atoms with Gasteiger partial charge in [-0.1, -0.05) is 11.3 Å². The molecule has 0 spiro atoms. The average Bonchev–Trinajstić information content (AvgIpc) is 3.35. The summed E-state index contributed by atoms with van der Waals surface area (Å²) in [6, 6.07) is 11.7. The number of carbonyl (C=O) groups excluding carboxylic acids is 1. The summed E-state index contributed by atoms with van der Waals surface area (Å²) in [6.07, 6.45) is 0.480. The molecule has 2 aromatic carbocycles. The Bertz CT molecular complexity index is 1360.